The van der Waals surface area contributed by atoms with Gasteiger partial charge in [0.15, 0.2) is 0 Å². The van der Waals surface area contributed by atoms with Gasteiger partial charge in [-0.25, -0.2) is 4.79 Å². The highest BCUT2D eigenvalue weighted by molar-refractivity contribution is 8.00. The molecule has 126 valence electrons. The number of hydrogen-bond donors (Lipinski definition) is 0. The molecule has 0 bridgehead atoms. The first-order valence-electron chi connectivity index (χ1n) is 7.62. The fourth-order valence-electron chi connectivity index (χ4n) is 2.58. The lowest BCUT2D eigenvalue weighted by Gasteiger charge is -2.36. The maximum Gasteiger partial charge on any atom is 0.329 e. The van der Waals surface area contributed by atoms with Crippen LogP contribution < -0.4 is 0 Å². The molecule has 2 unspecified atom stereocenters. The van der Waals surface area contributed by atoms with Crippen molar-refractivity contribution in [3.63, 3.8) is 0 Å². The van der Waals surface area contributed by atoms with Crippen molar-refractivity contribution in [2.45, 2.75) is 39.1 Å². The van der Waals surface area contributed by atoms with Crippen LogP contribution in [0.1, 0.15) is 38.1 Å². The lowest BCUT2D eigenvalue weighted by molar-refractivity contribution is -0.147. The Hall–Kier alpha value is -1.20. The van der Waals surface area contributed by atoms with Crippen molar-refractivity contribution in [3.8, 4) is 0 Å². The minimum Gasteiger partial charge on any atom is -0.464 e. The second-order valence-corrected chi connectivity index (χ2v) is 8.09. The molecular formula is C17H22ClNO3S. The standard InChI is InChI=1S/C17H22ClNO3S/c1-5-22-15(21)13-10-23-16(17(2,3)4)19(13)14(20)11-6-8-12(18)9-7-11/h6-9,13,16H,5,10H2,1-4H3. The summed E-state index contributed by atoms with van der Waals surface area (Å²) in [6, 6.07) is 6.20. The van der Waals surface area contributed by atoms with E-state index >= 15 is 0 Å². The normalized spacial score (nSPS) is 21.3. The maximum absolute atomic E-state index is 13.0. The van der Waals surface area contributed by atoms with Crippen LogP contribution in [0.2, 0.25) is 5.02 Å². The van der Waals surface area contributed by atoms with E-state index in [4.69, 9.17) is 16.3 Å². The molecule has 1 fully saturated rings. The number of amides is 1. The molecule has 1 heterocycles. The van der Waals surface area contributed by atoms with Crippen LogP contribution in [0.15, 0.2) is 24.3 Å². The van der Waals surface area contributed by atoms with Crippen LogP contribution in [-0.2, 0) is 9.53 Å². The van der Waals surface area contributed by atoms with Gasteiger partial charge in [-0.15, -0.1) is 11.8 Å². The summed E-state index contributed by atoms with van der Waals surface area (Å²) < 4.78 is 5.15. The largest absolute Gasteiger partial charge is 0.464 e. The molecule has 2 atom stereocenters. The number of hydrogen-bond acceptors (Lipinski definition) is 4. The van der Waals surface area contributed by atoms with Crippen LogP contribution in [0, 0.1) is 5.41 Å². The molecule has 0 saturated carbocycles. The number of carbonyl (C=O) groups is 2. The van der Waals surface area contributed by atoms with Crippen molar-refractivity contribution >= 4 is 35.2 Å². The van der Waals surface area contributed by atoms with E-state index < -0.39 is 6.04 Å². The molecule has 1 aliphatic rings. The minimum absolute atomic E-state index is 0.0833. The van der Waals surface area contributed by atoms with Gasteiger partial charge >= 0.3 is 5.97 Å². The Balaban J connectivity index is 2.34. The van der Waals surface area contributed by atoms with Crippen LogP contribution in [0.5, 0.6) is 0 Å². The molecule has 1 aromatic rings. The monoisotopic (exact) mass is 355 g/mol. The van der Waals surface area contributed by atoms with E-state index in [0.717, 1.165) is 0 Å². The van der Waals surface area contributed by atoms with Crippen molar-refractivity contribution in [2.24, 2.45) is 5.41 Å². The maximum atomic E-state index is 13.0. The van der Waals surface area contributed by atoms with E-state index in [1.165, 1.54) is 0 Å². The summed E-state index contributed by atoms with van der Waals surface area (Å²) in [5.41, 5.74) is 0.383. The van der Waals surface area contributed by atoms with Crippen molar-refractivity contribution in [3.05, 3.63) is 34.9 Å². The number of halogens is 1. The smallest absolute Gasteiger partial charge is 0.329 e. The third kappa shape index (κ3) is 4.01. The Morgan fingerprint density at radius 3 is 2.43 bits per heavy atom. The van der Waals surface area contributed by atoms with E-state index in [-0.39, 0.29) is 22.7 Å². The zero-order chi connectivity index (χ0) is 17.2. The number of thioether (sulfide) groups is 1. The Morgan fingerprint density at radius 2 is 1.91 bits per heavy atom. The molecule has 0 N–H and O–H groups in total. The Labute approximate surface area is 146 Å². The summed E-state index contributed by atoms with van der Waals surface area (Å²) >= 11 is 7.52. The molecule has 2 rings (SSSR count). The summed E-state index contributed by atoms with van der Waals surface area (Å²) in [5.74, 6) is 0.0545. The van der Waals surface area contributed by atoms with Gasteiger partial charge in [0.1, 0.15) is 6.04 Å². The summed E-state index contributed by atoms with van der Waals surface area (Å²) in [6.45, 7) is 8.29. The number of ether oxygens (including phenoxy) is 1. The van der Waals surface area contributed by atoms with E-state index in [1.807, 2.05) is 0 Å². The minimum atomic E-state index is -0.549. The van der Waals surface area contributed by atoms with Crippen molar-refractivity contribution in [2.75, 3.05) is 12.4 Å². The highest BCUT2D eigenvalue weighted by atomic mass is 35.5. The topological polar surface area (TPSA) is 46.6 Å². The molecule has 0 aliphatic carbocycles. The lowest BCUT2D eigenvalue weighted by atomic mass is 9.94. The fourth-order valence-corrected chi connectivity index (χ4v) is 4.27. The van der Waals surface area contributed by atoms with Crippen molar-refractivity contribution < 1.29 is 14.3 Å². The number of nitrogens with zero attached hydrogens (tertiary/aromatic N) is 1. The summed E-state index contributed by atoms with van der Waals surface area (Å²) in [5, 5.41) is 0.492. The van der Waals surface area contributed by atoms with Crippen molar-refractivity contribution in [1.82, 2.24) is 4.90 Å². The van der Waals surface area contributed by atoms with Gasteiger partial charge in [-0.05, 0) is 36.6 Å². The molecule has 0 radical (unpaired) electrons. The number of rotatable bonds is 3. The Bertz CT molecular complexity index is 582. The first kappa shape index (κ1) is 18.1. The predicted molar refractivity (Wildman–Crippen MR) is 93.7 cm³/mol. The Kier molecular flexibility index (Phi) is 5.63. The van der Waals surface area contributed by atoms with Crippen LogP contribution in [0.25, 0.3) is 0 Å². The van der Waals surface area contributed by atoms with E-state index in [2.05, 4.69) is 20.8 Å². The molecule has 1 aliphatic heterocycles. The molecule has 1 aromatic carbocycles. The number of benzene rings is 1. The molecule has 1 saturated heterocycles. The third-order valence-corrected chi connectivity index (χ3v) is 5.64. The van der Waals surface area contributed by atoms with Gasteiger partial charge in [0.2, 0.25) is 0 Å². The fraction of sp³-hybridized carbons (Fsp3) is 0.529. The predicted octanol–water partition coefficient (Wildman–Crippen LogP) is 3.83. The lowest BCUT2D eigenvalue weighted by Crippen LogP contribution is -2.50. The van der Waals surface area contributed by atoms with Gasteiger partial charge in [0.05, 0.1) is 12.0 Å². The average molecular weight is 356 g/mol. The Morgan fingerprint density at radius 1 is 1.30 bits per heavy atom. The third-order valence-electron chi connectivity index (χ3n) is 3.63. The zero-order valence-corrected chi connectivity index (χ0v) is 15.4. The zero-order valence-electron chi connectivity index (χ0n) is 13.8. The SMILES string of the molecule is CCOC(=O)C1CSC(C(C)(C)C)N1C(=O)c1ccc(Cl)cc1. The van der Waals surface area contributed by atoms with Gasteiger partial charge in [-0.2, -0.15) is 0 Å². The molecule has 23 heavy (non-hydrogen) atoms. The van der Waals surface area contributed by atoms with Gasteiger partial charge < -0.3 is 9.64 Å². The second kappa shape index (κ2) is 7.14. The summed E-state index contributed by atoms with van der Waals surface area (Å²) in [6.07, 6.45) is 0. The molecule has 6 heteroatoms. The summed E-state index contributed by atoms with van der Waals surface area (Å²) in [4.78, 5) is 26.9. The number of esters is 1. The van der Waals surface area contributed by atoms with Gasteiger partial charge in [-0.3, -0.25) is 4.79 Å². The van der Waals surface area contributed by atoms with Crippen LogP contribution in [-0.4, -0.2) is 40.6 Å². The molecule has 4 nitrogen and oxygen atoms in total. The molecule has 1 amide bonds. The first-order chi connectivity index (χ1) is 10.8. The van der Waals surface area contributed by atoms with Gasteiger partial charge in [0.25, 0.3) is 5.91 Å². The highest BCUT2D eigenvalue weighted by Gasteiger charge is 2.47. The molecular weight excluding hydrogens is 334 g/mol. The van der Waals surface area contributed by atoms with E-state index in [9.17, 15) is 9.59 Å². The quantitative estimate of drug-likeness (QED) is 0.773. The first-order valence-corrected chi connectivity index (χ1v) is 9.05. The van der Waals surface area contributed by atoms with Crippen LogP contribution in [0.3, 0.4) is 0 Å². The van der Waals surface area contributed by atoms with Crippen molar-refractivity contribution in [1.29, 1.82) is 0 Å². The average Bonchev–Trinajstić information content (AvgIpc) is 2.92. The van der Waals surface area contributed by atoms with Crippen LogP contribution in [0.4, 0.5) is 0 Å². The van der Waals surface area contributed by atoms with Gasteiger partial charge in [-0.1, -0.05) is 32.4 Å². The number of carbonyl (C=O) groups excluding carboxylic acids is 2. The van der Waals surface area contributed by atoms with Gasteiger partial charge in [0, 0.05) is 16.3 Å². The highest BCUT2D eigenvalue weighted by Crippen LogP contribution is 2.41. The van der Waals surface area contributed by atoms with E-state index in [0.29, 0.717) is 22.9 Å². The molecule has 0 spiro atoms. The molecule has 0 aromatic heterocycles. The van der Waals surface area contributed by atoms with E-state index in [1.54, 1.807) is 47.9 Å². The summed E-state index contributed by atoms with van der Waals surface area (Å²) in [7, 11) is 0. The second-order valence-electron chi connectivity index (χ2n) is 6.54. The van der Waals surface area contributed by atoms with Crippen LogP contribution >= 0.6 is 23.4 Å².